The van der Waals surface area contributed by atoms with Crippen LogP contribution in [0.1, 0.15) is 5.56 Å². The van der Waals surface area contributed by atoms with Gasteiger partial charge in [0, 0.05) is 17.9 Å². The third kappa shape index (κ3) is 3.41. The molecule has 16 heavy (non-hydrogen) atoms. The number of benzene rings is 1. The molecule has 0 fully saturated rings. The molecule has 5 heteroatoms. The maximum absolute atomic E-state index is 10.4. The van der Waals surface area contributed by atoms with E-state index >= 15 is 0 Å². The summed E-state index contributed by atoms with van der Waals surface area (Å²) in [6.45, 7) is 3.87. The molecule has 4 nitrogen and oxygen atoms in total. The summed E-state index contributed by atoms with van der Waals surface area (Å²) in [6, 6.07) is 8.29. The summed E-state index contributed by atoms with van der Waals surface area (Å²) >= 11 is 1.47. The first-order chi connectivity index (χ1) is 7.65. The van der Waals surface area contributed by atoms with Crippen molar-refractivity contribution in [2.24, 2.45) is 0 Å². The zero-order chi connectivity index (χ0) is 12.0. The number of hydrogen-bond acceptors (Lipinski definition) is 4. The molecule has 0 saturated heterocycles. The minimum absolute atomic E-state index is 0.0706. The first kappa shape index (κ1) is 12.3. The molecule has 0 N–H and O–H groups in total. The number of nitro groups is 1. The van der Waals surface area contributed by atoms with E-state index in [4.69, 9.17) is 5.26 Å². The zero-order valence-corrected chi connectivity index (χ0v) is 9.37. The van der Waals surface area contributed by atoms with Gasteiger partial charge in [-0.1, -0.05) is 6.58 Å². The van der Waals surface area contributed by atoms with Gasteiger partial charge in [0.05, 0.1) is 16.7 Å². The van der Waals surface area contributed by atoms with Crippen LogP contribution in [0.5, 0.6) is 0 Å². The number of hydrogen-bond donors (Lipinski definition) is 0. The molecule has 0 bridgehead atoms. The Hall–Kier alpha value is -1.80. The van der Waals surface area contributed by atoms with Crippen molar-refractivity contribution >= 4 is 23.0 Å². The highest BCUT2D eigenvalue weighted by Crippen LogP contribution is 2.20. The summed E-state index contributed by atoms with van der Waals surface area (Å²) in [4.78, 5) is 10.0. The molecule has 0 heterocycles. The van der Waals surface area contributed by atoms with E-state index in [1.807, 2.05) is 6.07 Å². The van der Waals surface area contributed by atoms with E-state index in [2.05, 4.69) is 6.58 Å². The van der Waals surface area contributed by atoms with Crippen molar-refractivity contribution in [1.29, 1.82) is 5.26 Å². The largest absolute Gasteiger partial charge is 0.269 e. The van der Waals surface area contributed by atoms with Gasteiger partial charge in [0.25, 0.3) is 5.69 Å². The van der Waals surface area contributed by atoms with Crippen molar-refractivity contribution in [2.45, 2.75) is 0 Å². The van der Waals surface area contributed by atoms with Crippen LogP contribution in [0, 0.1) is 21.4 Å². The Morgan fingerprint density at radius 3 is 2.62 bits per heavy atom. The molecule has 0 radical (unpaired) electrons. The van der Waals surface area contributed by atoms with E-state index < -0.39 is 4.92 Å². The number of rotatable bonds is 5. The SMILES string of the molecule is C=C(CSCC#N)c1ccc([N+](=O)[O-])cc1. The number of nitrogens with zero attached hydrogens (tertiary/aromatic N) is 2. The van der Waals surface area contributed by atoms with Crippen molar-refractivity contribution in [3.8, 4) is 6.07 Å². The smallest absolute Gasteiger partial charge is 0.258 e. The fraction of sp³-hybridized carbons (Fsp3) is 0.182. The molecule has 0 saturated carbocycles. The summed E-state index contributed by atoms with van der Waals surface area (Å²) in [5, 5.41) is 18.8. The minimum Gasteiger partial charge on any atom is -0.258 e. The van der Waals surface area contributed by atoms with Crippen molar-refractivity contribution in [2.75, 3.05) is 11.5 Å². The molecule has 0 aromatic heterocycles. The van der Waals surface area contributed by atoms with Crippen LogP contribution < -0.4 is 0 Å². The topological polar surface area (TPSA) is 66.9 Å². The number of nitro benzene ring substituents is 1. The lowest BCUT2D eigenvalue weighted by Crippen LogP contribution is -1.90. The van der Waals surface area contributed by atoms with Crippen molar-refractivity contribution in [3.05, 3.63) is 46.5 Å². The Balaban J connectivity index is 2.64. The monoisotopic (exact) mass is 234 g/mol. The lowest BCUT2D eigenvalue weighted by molar-refractivity contribution is -0.384. The highest BCUT2D eigenvalue weighted by atomic mass is 32.2. The van der Waals surface area contributed by atoms with Crippen molar-refractivity contribution in [3.63, 3.8) is 0 Å². The lowest BCUT2D eigenvalue weighted by Gasteiger charge is -2.03. The highest BCUT2D eigenvalue weighted by Gasteiger charge is 2.05. The maximum atomic E-state index is 10.4. The highest BCUT2D eigenvalue weighted by molar-refractivity contribution is 7.99. The molecule has 1 aromatic rings. The fourth-order valence-electron chi connectivity index (χ4n) is 1.12. The first-order valence-corrected chi connectivity index (χ1v) is 5.68. The molecular formula is C11H10N2O2S. The Labute approximate surface area is 97.7 Å². The van der Waals surface area contributed by atoms with E-state index in [0.717, 1.165) is 11.1 Å². The second-order valence-corrected chi connectivity index (χ2v) is 4.04. The van der Waals surface area contributed by atoms with Crippen LogP contribution >= 0.6 is 11.8 Å². The van der Waals surface area contributed by atoms with Crippen LogP contribution in [0.2, 0.25) is 0 Å². The minimum atomic E-state index is -0.434. The first-order valence-electron chi connectivity index (χ1n) is 4.52. The van der Waals surface area contributed by atoms with E-state index in [0.29, 0.717) is 11.5 Å². The number of nitriles is 1. The fourth-order valence-corrected chi connectivity index (χ4v) is 1.73. The maximum Gasteiger partial charge on any atom is 0.269 e. The summed E-state index contributed by atoms with van der Waals surface area (Å²) in [5.74, 6) is 1.08. The van der Waals surface area contributed by atoms with Crippen LogP contribution in [0.3, 0.4) is 0 Å². The number of thioether (sulfide) groups is 1. The molecule has 82 valence electrons. The van der Waals surface area contributed by atoms with Gasteiger partial charge in [-0.15, -0.1) is 11.8 Å². The molecule has 0 spiro atoms. The van der Waals surface area contributed by atoms with Crippen LogP contribution in [0.4, 0.5) is 5.69 Å². The third-order valence-electron chi connectivity index (χ3n) is 1.93. The van der Waals surface area contributed by atoms with Gasteiger partial charge in [-0.05, 0) is 23.3 Å². The van der Waals surface area contributed by atoms with E-state index in [1.54, 1.807) is 12.1 Å². The Morgan fingerprint density at radius 1 is 1.50 bits per heavy atom. The standard InChI is InChI=1S/C11H10N2O2S/c1-9(8-16-7-6-12)10-2-4-11(5-3-10)13(14)15/h2-5H,1,7-8H2. The summed E-state index contributed by atoms with van der Waals surface area (Å²) in [5.41, 5.74) is 1.81. The molecule has 1 rings (SSSR count). The molecule has 0 aliphatic carbocycles. The predicted octanol–water partition coefficient (Wildman–Crippen LogP) is 2.86. The van der Waals surface area contributed by atoms with E-state index in [1.165, 1.54) is 23.9 Å². The normalized spacial score (nSPS) is 9.44. The van der Waals surface area contributed by atoms with Gasteiger partial charge in [0.15, 0.2) is 0 Å². The Morgan fingerprint density at radius 2 is 2.12 bits per heavy atom. The van der Waals surface area contributed by atoms with E-state index in [-0.39, 0.29) is 5.69 Å². The van der Waals surface area contributed by atoms with Gasteiger partial charge in [0.1, 0.15) is 0 Å². The number of non-ortho nitro benzene ring substituents is 1. The van der Waals surface area contributed by atoms with Crippen LogP contribution in [0.25, 0.3) is 5.57 Å². The average molecular weight is 234 g/mol. The van der Waals surface area contributed by atoms with Gasteiger partial charge in [-0.25, -0.2) is 0 Å². The predicted molar refractivity (Wildman–Crippen MR) is 65.1 cm³/mol. The van der Waals surface area contributed by atoms with Crippen LogP contribution in [-0.2, 0) is 0 Å². The van der Waals surface area contributed by atoms with Gasteiger partial charge in [-0.3, -0.25) is 10.1 Å². The molecule has 0 aliphatic heterocycles. The van der Waals surface area contributed by atoms with Crippen molar-refractivity contribution in [1.82, 2.24) is 0 Å². The summed E-state index contributed by atoms with van der Waals surface area (Å²) < 4.78 is 0. The molecule has 0 amide bonds. The second kappa shape index (κ2) is 5.93. The van der Waals surface area contributed by atoms with Gasteiger partial charge >= 0.3 is 0 Å². The second-order valence-electron chi connectivity index (χ2n) is 3.06. The Kier molecular flexibility index (Phi) is 4.55. The lowest BCUT2D eigenvalue weighted by atomic mass is 10.1. The Bertz CT molecular complexity index is 434. The third-order valence-corrected chi connectivity index (χ3v) is 2.82. The summed E-state index contributed by atoms with van der Waals surface area (Å²) in [7, 11) is 0. The molecule has 0 atom stereocenters. The van der Waals surface area contributed by atoms with Gasteiger partial charge < -0.3 is 0 Å². The average Bonchev–Trinajstić information content (AvgIpc) is 2.29. The zero-order valence-electron chi connectivity index (χ0n) is 8.55. The molecule has 1 aromatic carbocycles. The summed E-state index contributed by atoms with van der Waals surface area (Å²) in [6.07, 6.45) is 0. The van der Waals surface area contributed by atoms with Crippen molar-refractivity contribution < 1.29 is 4.92 Å². The quantitative estimate of drug-likeness (QED) is 0.446. The van der Waals surface area contributed by atoms with Gasteiger partial charge in [-0.2, -0.15) is 5.26 Å². The molecule has 0 aliphatic rings. The molecule has 0 unspecified atom stereocenters. The molecular weight excluding hydrogens is 224 g/mol. The van der Waals surface area contributed by atoms with Crippen LogP contribution in [0.15, 0.2) is 30.8 Å². The van der Waals surface area contributed by atoms with E-state index in [9.17, 15) is 10.1 Å². The van der Waals surface area contributed by atoms with Crippen LogP contribution in [-0.4, -0.2) is 16.4 Å². The van der Waals surface area contributed by atoms with Gasteiger partial charge in [0.2, 0.25) is 0 Å².